The lowest BCUT2D eigenvalue weighted by molar-refractivity contribution is -0.0751. The zero-order valence-corrected chi connectivity index (χ0v) is 24.5. The van der Waals surface area contributed by atoms with Crippen molar-refractivity contribution in [1.29, 1.82) is 0 Å². The third kappa shape index (κ3) is 6.09. The van der Waals surface area contributed by atoms with Gasteiger partial charge in [0.1, 0.15) is 17.2 Å². The monoisotopic (exact) mass is 613 g/mol. The van der Waals surface area contributed by atoms with Gasteiger partial charge in [0.25, 0.3) is 0 Å². The highest BCUT2D eigenvalue weighted by molar-refractivity contribution is 7.89. The highest BCUT2D eigenvalue weighted by Gasteiger charge is 2.61. The van der Waals surface area contributed by atoms with E-state index in [9.17, 15) is 27.1 Å². The molecule has 1 amide bonds. The molecule has 2 unspecified atom stereocenters. The number of rotatable bonds is 7. The second-order valence-corrected chi connectivity index (χ2v) is 13.7. The molecule has 5 rings (SSSR count). The van der Waals surface area contributed by atoms with Crippen molar-refractivity contribution in [2.45, 2.75) is 54.8 Å². The van der Waals surface area contributed by atoms with Gasteiger partial charge in [-0.15, -0.1) is 0 Å². The second-order valence-electron chi connectivity index (χ2n) is 11.4. The zero-order chi connectivity index (χ0) is 29.6. The largest absolute Gasteiger partial charge is 0.441 e. The SMILES string of the molecule is CC(C)(CO)N1CCN(C(=O)OC2(C3COCC(c4cc(F)cc(F)c4)N3S(=O)(=O)c3ccc(Cl)cc3)CC2)CC1. The fourth-order valence-corrected chi connectivity index (χ4v) is 7.53. The van der Waals surface area contributed by atoms with Gasteiger partial charge in [-0.3, -0.25) is 4.90 Å². The highest BCUT2D eigenvalue weighted by Crippen LogP contribution is 2.50. The van der Waals surface area contributed by atoms with Gasteiger partial charge in [0.2, 0.25) is 10.0 Å². The number of ether oxygens (including phenoxy) is 2. The molecule has 2 heterocycles. The molecule has 2 aromatic carbocycles. The Labute approximate surface area is 243 Å². The molecule has 2 saturated heterocycles. The van der Waals surface area contributed by atoms with Gasteiger partial charge in [-0.1, -0.05) is 11.6 Å². The average Bonchev–Trinajstić information content (AvgIpc) is 3.72. The molecule has 1 saturated carbocycles. The van der Waals surface area contributed by atoms with Crippen molar-refractivity contribution in [3.63, 3.8) is 0 Å². The van der Waals surface area contributed by atoms with Crippen LogP contribution in [0.1, 0.15) is 38.3 Å². The third-order valence-corrected chi connectivity index (χ3v) is 10.4. The molecular formula is C28H34ClF2N3O6S. The predicted octanol–water partition coefficient (Wildman–Crippen LogP) is 3.81. The normalized spacial score (nSPS) is 23.8. The van der Waals surface area contributed by atoms with Crippen molar-refractivity contribution in [2.24, 2.45) is 0 Å². The van der Waals surface area contributed by atoms with Crippen molar-refractivity contribution in [3.8, 4) is 0 Å². The number of nitrogens with zero attached hydrogens (tertiary/aromatic N) is 3. The first kappa shape index (κ1) is 30.1. The molecular weight excluding hydrogens is 580 g/mol. The van der Waals surface area contributed by atoms with E-state index in [0.29, 0.717) is 50.1 Å². The Bertz CT molecular complexity index is 1360. The van der Waals surface area contributed by atoms with E-state index in [0.717, 1.165) is 12.1 Å². The van der Waals surface area contributed by atoms with Gasteiger partial charge in [-0.05, 0) is 68.7 Å². The molecule has 3 aliphatic rings. The molecule has 1 aliphatic carbocycles. The molecule has 2 aliphatic heterocycles. The topological polar surface area (TPSA) is 99.6 Å². The summed E-state index contributed by atoms with van der Waals surface area (Å²) in [6.45, 7) is 5.51. The van der Waals surface area contributed by atoms with Crippen molar-refractivity contribution in [2.75, 3.05) is 46.0 Å². The van der Waals surface area contributed by atoms with E-state index in [-0.39, 0.29) is 30.3 Å². The van der Waals surface area contributed by atoms with Crippen LogP contribution in [0.25, 0.3) is 0 Å². The summed E-state index contributed by atoms with van der Waals surface area (Å²) in [4.78, 5) is 17.0. The first-order chi connectivity index (χ1) is 19.4. The van der Waals surface area contributed by atoms with Crippen LogP contribution in [0.3, 0.4) is 0 Å². The van der Waals surface area contributed by atoms with Gasteiger partial charge >= 0.3 is 6.09 Å². The van der Waals surface area contributed by atoms with E-state index in [1.54, 1.807) is 4.90 Å². The number of piperazine rings is 1. The number of morpholine rings is 1. The van der Waals surface area contributed by atoms with E-state index in [4.69, 9.17) is 21.1 Å². The lowest BCUT2D eigenvalue weighted by atomic mass is 10.0. The Balaban J connectivity index is 1.44. The molecule has 2 atom stereocenters. The Morgan fingerprint density at radius 2 is 1.68 bits per heavy atom. The molecule has 0 bridgehead atoms. The molecule has 9 nitrogen and oxygen atoms in total. The standard InChI is InChI=1S/C28H34ClF2N3O6S/c1-27(2,18-35)33-11-9-32(10-12-33)26(36)40-28(7-8-28)25-17-39-16-24(19-13-21(30)15-22(31)14-19)34(25)41(37,38)23-5-3-20(29)4-6-23/h3-6,13-15,24-25,35H,7-12,16-18H2,1-2H3. The van der Waals surface area contributed by atoms with E-state index in [1.165, 1.54) is 28.6 Å². The predicted molar refractivity (Wildman–Crippen MR) is 147 cm³/mol. The van der Waals surface area contributed by atoms with Crippen LogP contribution < -0.4 is 0 Å². The first-order valence-electron chi connectivity index (χ1n) is 13.5. The molecule has 41 heavy (non-hydrogen) atoms. The fraction of sp³-hybridized carbons (Fsp3) is 0.536. The highest BCUT2D eigenvalue weighted by atomic mass is 35.5. The molecule has 3 fully saturated rings. The fourth-order valence-electron chi connectivity index (χ4n) is 5.57. The zero-order valence-electron chi connectivity index (χ0n) is 22.9. The van der Waals surface area contributed by atoms with E-state index in [2.05, 4.69) is 4.90 Å². The van der Waals surface area contributed by atoms with Crippen LogP contribution in [0.15, 0.2) is 47.4 Å². The number of carbonyl (C=O) groups is 1. The number of aliphatic hydroxyl groups excluding tert-OH is 1. The van der Waals surface area contributed by atoms with Crippen molar-refractivity contribution >= 4 is 27.7 Å². The van der Waals surface area contributed by atoms with Crippen molar-refractivity contribution in [1.82, 2.24) is 14.1 Å². The summed E-state index contributed by atoms with van der Waals surface area (Å²) in [5.74, 6) is -1.69. The van der Waals surface area contributed by atoms with Crippen molar-refractivity contribution in [3.05, 3.63) is 64.7 Å². The van der Waals surface area contributed by atoms with Crippen molar-refractivity contribution < 1.29 is 36.6 Å². The van der Waals surface area contributed by atoms with Gasteiger partial charge in [-0.25, -0.2) is 22.0 Å². The number of aliphatic hydroxyl groups is 1. The van der Waals surface area contributed by atoms with Gasteiger partial charge < -0.3 is 19.5 Å². The van der Waals surface area contributed by atoms with Crippen LogP contribution in [-0.2, 0) is 19.5 Å². The van der Waals surface area contributed by atoms with Crippen LogP contribution in [0.5, 0.6) is 0 Å². The van der Waals surface area contributed by atoms with E-state index < -0.39 is 51.0 Å². The average molecular weight is 614 g/mol. The summed E-state index contributed by atoms with van der Waals surface area (Å²) in [5.41, 5.74) is -1.49. The smallest absolute Gasteiger partial charge is 0.410 e. The third-order valence-electron chi connectivity index (χ3n) is 8.25. The molecule has 1 N–H and O–H groups in total. The van der Waals surface area contributed by atoms with Crippen LogP contribution in [0, 0.1) is 11.6 Å². The quantitative estimate of drug-likeness (QED) is 0.507. The molecule has 13 heteroatoms. The summed E-state index contributed by atoms with van der Waals surface area (Å²) in [6, 6.07) is 6.52. The van der Waals surface area contributed by atoms with Gasteiger partial charge in [-0.2, -0.15) is 4.31 Å². The second kappa shape index (κ2) is 11.4. The van der Waals surface area contributed by atoms with E-state index >= 15 is 0 Å². The summed E-state index contributed by atoms with van der Waals surface area (Å²) in [5, 5.41) is 10.0. The number of benzene rings is 2. The lowest BCUT2D eigenvalue weighted by Gasteiger charge is -2.45. The van der Waals surface area contributed by atoms with Gasteiger partial charge in [0, 0.05) is 42.8 Å². The minimum atomic E-state index is -4.27. The van der Waals surface area contributed by atoms with Crippen LogP contribution in [-0.4, -0.2) is 96.9 Å². The Kier molecular flexibility index (Phi) is 8.36. The minimum Gasteiger partial charge on any atom is -0.441 e. The van der Waals surface area contributed by atoms with Gasteiger partial charge in [0.05, 0.1) is 36.8 Å². The maximum absolute atomic E-state index is 14.3. The van der Waals surface area contributed by atoms with Crippen LogP contribution in [0.2, 0.25) is 5.02 Å². The number of sulfonamides is 1. The Morgan fingerprint density at radius 3 is 2.24 bits per heavy atom. The lowest BCUT2D eigenvalue weighted by Crippen LogP contribution is -2.60. The number of hydrogen-bond acceptors (Lipinski definition) is 7. The van der Waals surface area contributed by atoms with Crippen LogP contribution in [0.4, 0.5) is 13.6 Å². The van der Waals surface area contributed by atoms with Gasteiger partial charge in [0.15, 0.2) is 0 Å². The molecule has 0 radical (unpaired) electrons. The summed E-state index contributed by atoms with van der Waals surface area (Å²) in [6.07, 6.45) is 0.245. The summed E-state index contributed by atoms with van der Waals surface area (Å²) < 4.78 is 69.9. The molecule has 2 aromatic rings. The molecule has 0 aromatic heterocycles. The maximum Gasteiger partial charge on any atom is 0.410 e. The summed E-state index contributed by atoms with van der Waals surface area (Å²) in [7, 11) is -4.27. The Morgan fingerprint density at radius 1 is 1.07 bits per heavy atom. The van der Waals surface area contributed by atoms with E-state index in [1.807, 2.05) is 13.8 Å². The molecule has 0 spiro atoms. The Hall–Kier alpha value is -2.35. The van der Waals surface area contributed by atoms with Crippen LogP contribution >= 0.6 is 11.6 Å². The maximum atomic E-state index is 14.3. The first-order valence-corrected chi connectivity index (χ1v) is 15.3. The minimum absolute atomic E-state index is 0.0173. The summed E-state index contributed by atoms with van der Waals surface area (Å²) >= 11 is 6.00. The number of carbonyl (C=O) groups excluding carboxylic acids is 1. The molecule has 224 valence electrons. The number of halogens is 3. The number of amides is 1. The number of hydrogen-bond donors (Lipinski definition) is 1.